The van der Waals surface area contributed by atoms with E-state index in [9.17, 15) is 0 Å². The van der Waals surface area contributed by atoms with Gasteiger partial charge in [0.2, 0.25) is 0 Å². The summed E-state index contributed by atoms with van der Waals surface area (Å²) in [5, 5.41) is 0. The summed E-state index contributed by atoms with van der Waals surface area (Å²) < 4.78 is 10.8. The standard InChI is InChI=1S/C13H22O2/c1-4-5-6-12(2)7-8-14-9-13(3)10-15-11-13/h4,7H,1,5-6,8-11H2,2-3H3. The second-order valence-corrected chi connectivity index (χ2v) is 4.70. The summed E-state index contributed by atoms with van der Waals surface area (Å²) in [5.41, 5.74) is 1.65. The fraction of sp³-hybridized carbons (Fsp3) is 0.692. The molecule has 0 atom stereocenters. The van der Waals surface area contributed by atoms with Crippen LogP contribution in [0.15, 0.2) is 24.3 Å². The predicted octanol–water partition coefficient (Wildman–Crippen LogP) is 2.95. The Morgan fingerprint density at radius 1 is 1.53 bits per heavy atom. The summed E-state index contributed by atoms with van der Waals surface area (Å²) in [7, 11) is 0. The van der Waals surface area contributed by atoms with Crippen molar-refractivity contribution in [3.05, 3.63) is 24.3 Å². The van der Waals surface area contributed by atoms with E-state index < -0.39 is 0 Å². The lowest BCUT2D eigenvalue weighted by Gasteiger charge is -2.37. The highest BCUT2D eigenvalue weighted by Crippen LogP contribution is 2.26. The first-order valence-corrected chi connectivity index (χ1v) is 5.58. The van der Waals surface area contributed by atoms with Gasteiger partial charge < -0.3 is 9.47 Å². The van der Waals surface area contributed by atoms with Crippen LogP contribution in [0, 0.1) is 5.41 Å². The maximum Gasteiger partial charge on any atom is 0.0650 e. The highest BCUT2D eigenvalue weighted by Gasteiger charge is 2.33. The molecule has 1 rings (SSSR count). The Morgan fingerprint density at radius 3 is 2.80 bits per heavy atom. The lowest BCUT2D eigenvalue weighted by Crippen LogP contribution is -2.43. The summed E-state index contributed by atoms with van der Waals surface area (Å²) in [6.45, 7) is 11.3. The number of rotatable bonds is 7. The molecule has 0 amide bonds. The summed E-state index contributed by atoms with van der Waals surface area (Å²) in [6, 6.07) is 0. The van der Waals surface area contributed by atoms with Gasteiger partial charge in [0.1, 0.15) is 0 Å². The molecule has 1 heterocycles. The van der Waals surface area contributed by atoms with E-state index in [-0.39, 0.29) is 5.41 Å². The largest absolute Gasteiger partial charge is 0.380 e. The third kappa shape index (κ3) is 4.63. The van der Waals surface area contributed by atoms with Gasteiger partial charge in [-0.05, 0) is 19.8 Å². The summed E-state index contributed by atoms with van der Waals surface area (Å²) >= 11 is 0. The average molecular weight is 210 g/mol. The Kier molecular flexibility index (Phi) is 5.06. The maximum absolute atomic E-state index is 5.61. The monoisotopic (exact) mass is 210 g/mol. The molecule has 1 aliphatic rings. The molecule has 1 fully saturated rings. The molecule has 0 radical (unpaired) electrons. The predicted molar refractivity (Wildman–Crippen MR) is 62.9 cm³/mol. The van der Waals surface area contributed by atoms with Gasteiger partial charge >= 0.3 is 0 Å². The normalized spacial score (nSPS) is 19.7. The molecule has 0 aromatic rings. The van der Waals surface area contributed by atoms with E-state index in [0.29, 0.717) is 0 Å². The van der Waals surface area contributed by atoms with E-state index in [2.05, 4.69) is 26.5 Å². The van der Waals surface area contributed by atoms with Gasteiger partial charge in [-0.1, -0.05) is 24.6 Å². The highest BCUT2D eigenvalue weighted by molar-refractivity contribution is 4.99. The van der Waals surface area contributed by atoms with Gasteiger partial charge in [-0.2, -0.15) is 0 Å². The molecule has 0 aliphatic carbocycles. The van der Waals surface area contributed by atoms with Crippen LogP contribution in [0.3, 0.4) is 0 Å². The van der Waals surface area contributed by atoms with Crippen LogP contribution < -0.4 is 0 Å². The van der Waals surface area contributed by atoms with E-state index in [1.54, 1.807) is 0 Å². The summed E-state index contributed by atoms with van der Waals surface area (Å²) in [4.78, 5) is 0. The Morgan fingerprint density at radius 2 is 2.27 bits per heavy atom. The smallest absolute Gasteiger partial charge is 0.0650 e. The Balaban J connectivity index is 2.06. The van der Waals surface area contributed by atoms with E-state index in [0.717, 1.165) is 39.3 Å². The van der Waals surface area contributed by atoms with Crippen molar-refractivity contribution >= 4 is 0 Å². The van der Waals surface area contributed by atoms with Crippen molar-refractivity contribution in [3.8, 4) is 0 Å². The van der Waals surface area contributed by atoms with Crippen LogP contribution in [0.2, 0.25) is 0 Å². The fourth-order valence-electron chi connectivity index (χ4n) is 1.47. The van der Waals surface area contributed by atoms with Gasteiger partial charge in [-0.25, -0.2) is 0 Å². The van der Waals surface area contributed by atoms with Crippen molar-refractivity contribution in [2.75, 3.05) is 26.4 Å². The van der Waals surface area contributed by atoms with Gasteiger partial charge in [0, 0.05) is 5.41 Å². The topological polar surface area (TPSA) is 18.5 Å². The molecule has 0 saturated carbocycles. The number of ether oxygens (including phenoxy) is 2. The Hall–Kier alpha value is -0.600. The minimum atomic E-state index is 0.267. The quantitative estimate of drug-likeness (QED) is 0.475. The molecular weight excluding hydrogens is 188 g/mol. The number of hydrogen-bond acceptors (Lipinski definition) is 2. The summed E-state index contributed by atoms with van der Waals surface area (Å²) in [6.07, 6.45) is 6.25. The first-order chi connectivity index (χ1) is 7.16. The van der Waals surface area contributed by atoms with Crippen LogP contribution in [0.4, 0.5) is 0 Å². The van der Waals surface area contributed by atoms with Crippen molar-refractivity contribution in [3.63, 3.8) is 0 Å². The zero-order valence-electron chi connectivity index (χ0n) is 9.92. The molecule has 0 N–H and O–H groups in total. The molecule has 0 bridgehead atoms. The molecule has 2 heteroatoms. The van der Waals surface area contributed by atoms with E-state index in [1.807, 2.05) is 6.08 Å². The minimum absolute atomic E-state index is 0.267. The molecule has 15 heavy (non-hydrogen) atoms. The third-order valence-electron chi connectivity index (χ3n) is 2.64. The van der Waals surface area contributed by atoms with E-state index >= 15 is 0 Å². The van der Waals surface area contributed by atoms with Crippen molar-refractivity contribution < 1.29 is 9.47 Å². The van der Waals surface area contributed by atoms with E-state index in [1.165, 1.54) is 5.57 Å². The lowest BCUT2D eigenvalue weighted by atomic mass is 9.90. The van der Waals surface area contributed by atoms with Gasteiger partial charge in [-0.15, -0.1) is 6.58 Å². The molecule has 1 saturated heterocycles. The van der Waals surface area contributed by atoms with Crippen molar-refractivity contribution in [2.24, 2.45) is 5.41 Å². The number of allylic oxidation sites excluding steroid dienone is 2. The zero-order valence-corrected chi connectivity index (χ0v) is 9.92. The second-order valence-electron chi connectivity index (χ2n) is 4.70. The fourth-order valence-corrected chi connectivity index (χ4v) is 1.47. The Labute approximate surface area is 93.0 Å². The van der Waals surface area contributed by atoms with Crippen molar-refractivity contribution in [2.45, 2.75) is 26.7 Å². The minimum Gasteiger partial charge on any atom is -0.380 e. The number of hydrogen-bond donors (Lipinski definition) is 0. The molecular formula is C13H22O2. The van der Waals surface area contributed by atoms with Gasteiger partial charge in [0.25, 0.3) is 0 Å². The van der Waals surface area contributed by atoms with Crippen LogP contribution in [0.1, 0.15) is 26.7 Å². The molecule has 1 aliphatic heterocycles. The first-order valence-electron chi connectivity index (χ1n) is 5.58. The molecule has 2 nitrogen and oxygen atoms in total. The lowest BCUT2D eigenvalue weighted by molar-refractivity contribution is -0.135. The molecule has 0 spiro atoms. The molecule has 0 unspecified atom stereocenters. The third-order valence-corrected chi connectivity index (χ3v) is 2.64. The van der Waals surface area contributed by atoms with Gasteiger partial charge in [0.05, 0.1) is 26.4 Å². The highest BCUT2D eigenvalue weighted by atomic mass is 16.5. The SMILES string of the molecule is C=CCCC(C)=CCOCC1(C)COC1. The molecule has 0 aromatic heterocycles. The van der Waals surface area contributed by atoms with Crippen LogP contribution in [-0.4, -0.2) is 26.4 Å². The first kappa shape index (κ1) is 12.5. The van der Waals surface area contributed by atoms with Crippen molar-refractivity contribution in [1.29, 1.82) is 0 Å². The van der Waals surface area contributed by atoms with Crippen LogP contribution >= 0.6 is 0 Å². The van der Waals surface area contributed by atoms with Crippen LogP contribution in [0.25, 0.3) is 0 Å². The zero-order chi connectivity index (χ0) is 11.1. The second kappa shape index (κ2) is 6.09. The van der Waals surface area contributed by atoms with Gasteiger partial charge in [0.15, 0.2) is 0 Å². The summed E-state index contributed by atoms with van der Waals surface area (Å²) in [5.74, 6) is 0. The Bertz CT molecular complexity index is 227. The molecule has 0 aromatic carbocycles. The average Bonchev–Trinajstić information content (AvgIpc) is 2.19. The maximum atomic E-state index is 5.61. The van der Waals surface area contributed by atoms with Crippen LogP contribution in [-0.2, 0) is 9.47 Å². The van der Waals surface area contributed by atoms with E-state index in [4.69, 9.17) is 9.47 Å². The molecule has 86 valence electrons. The van der Waals surface area contributed by atoms with Gasteiger partial charge in [-0.3, -0.25) is 0 Å². The van der Waals surface area contributed by atoms with Crippen molar-refractivity contribution in [1.82, 2.24) is 0 Å². The van der Waals surface area contributed by atoms with Crippen LogP contribution in [0.5, 0.6) is 0 Å².